The quantitative estimate of drug-likeness (QED) is 0.721. The molecule has 142 valence electrons. The predicted octanol–water partition coefficient (Wildman–Crippen LogP) is 4.22. The number of thioether (sulfide) groups is 1. The minimum absolute atomic E-state index is 0.0468. The minimum Gasteiger partial charge on any atom is -0.337 e. The Bertz CT molecular complexity index is 848. The van der Waals surface area contributed by atoms with Gasteiger partial charge in [-0.1, -0.05) is 41.9 Å². The van der Waals surface area contributed by atoms with Gasteiger partial charge in [-0.05, 0) is 25.1 Å². The summed E-state index contributed by atoms with van der Waals surface area (Å²) in [7, 11) is 0. The second kappa shape index (κ2) is 8.76. The summed E-state index contributed by atoms with van der Waals surface area (Å²) in [5, 5.41) is 0.0332. The molecule has 0 N–H and O–H groups in total. The summed E-state index contributed by atoms with van der Waals surface area (Å²) in [6.45, 7) is 3.07. The first-order valence-electron chi connectivity index (χ1n) is 8.72. The molecule has 0 saturated carbocycles. The molecule has 1 atom stereocenters. The Morgan fingerprint density at radius 1 is 1.26 bits per heavy atom. The molecule has 2 aromatic carbocycles. The summed E-state index contributed by atoms with van der Waals surface area (Å²) in [6.07, 6.45) is 0. The Morgan fingerprint density at radius 3 is 2.67 bits per heavy atom. The first kappa shape index (κ1) is 19.7. The van der Waals surface area contributed by atoms with Crippen molar-refractivity contribution in [3.8, 4) is 0 Å². The maximum absolute atomic E-state index is 14.2. The van der Waals surface area contributed by atoms with Crippen LogP contribution in [0.4, 0.5) is 4.39 Å². The van der Waals surface area contributed by atoms with Gasteiger partial charge in [-0.15, -0.1) is 11.8 Å². The van der Waals surface area contributed by atoms with Gasteiger partial charge >= 0.3 is 0 Å². The number of benzene rings is 2. The third kappa shape index (κ3) is 4.28. The zero-order valence-electron chi connectivity index (χ0n) is 14.9. The van der Waals surface area contributed by atoms with Gasteiger partial charge in [0.2, 0.25) is 5.91 Å². The summed E-state index contributed by atoms with van der Waals surface area (Å²) in [5.41, 5.74) is 0.933. The fraction of sp³-hybridized carbons (Fsp3) is 0.300. The second-order valence-electron chi connectivity index (χ2n) is 6.14. The number of halogens is 2. The first-order valence-corrected chi connectivity index (χ1v) is 10.1. The molecular formula is C20H20ClFN2O2S. The van der Waals surface area contributed by atoms with E-state index in [1.807, 2.05) is 6.92 Å². The van der Waals surface area contributed by atoms with Crippen LogP contribution < -0.4 is 0 Å². The number of carbonyl (C=O) groups is 2. The van der Waals surface area contributed by atoms with Crippen LogP contribution in [0.2, 0.25) is 5.02 Å². The Hall–Kier alpha value is -2.05. The van der Waals surface area contributed by atoms with Gasteiger partial charge < -0.3 is 9.80 Å². The topological polar surface area (TPSA) is 40.6 Å². The van der Waals surface area contributed by atoms with Crippen molar-refractivity contribution in [2.75, 3.05) is 25.4 Å². The number of rotatable bonds is 6. The van der Waals surface area contributed by atoms with Gasteiger partial charge in [0, 0.05) is 25.2 Å². The Labute approximate surface area is 167 Å². The van der Waals surface area contributed by atoms with Gasteiger partial charge in [0.15, 0.2) is 0 Å². The standard InChI is InChI=1S/C20H20ClFN2O2S/c1-2-23(19(26)14-7-3-5-9-16(14)21)11-12-24-18(25)13-27-20(24)15-8-4-6-10-17(15)22/h3-10,20H,2,11-13H2,1H3/t20-/m0/s1. The second-order valence-corrected chi connectivity index (χ2v) is 7.61. The molecule has 0 radical (unpaired) electrons. The van der Waals surface area contributed by atoms with Gasteiger partial charge in [-0.3, -0.25) is 9.59 Å². The van der Waals surface area contributed by atoms with E-state index in [0.717, 1.165) is 0 Å². The lowest BCUT2D eigenvalue weighted by Crippen LogP contribution is -2.40. The summed E-state index contributed by atoms with van der Waals surface area (Å²) in [4.78, 5) is 28.4. The molecule has 0 aromatic heterocycles. The Balaban J connectivity index is 1.73. The van der Waals surface area contributed by atoms with Crippen LogP contribution in [-0.4, -0.2) is 47.0 Å². The Kier molecular flexibility index (Phi) is 6.39. The van der Waals surface area contributed by atoms with Crippen LogP contribution in [0.1, 0.15) is 28.2 Å². The van der Waals surface area contributed by atoms with Crippen molar-refractivity contribution in [1.29, 1.82) is 0 Å². The highest BCUT2D eigenvalue weighted by Crippen LogP contribution is 2.39. The molecule has 7 heteroatoms. The van der Waals surface area contributed by atoms with Crippen LogP contribution >= 0.6 is 23.4 Å². The van der Waals surface area contributed by atoms with Gasteiger partial charge in [0.05, 0.1) is 16.3 Å². The lowest BCUT2D eigenvalue weighted by molar-refractivity contribution is -0.128. The van der Waals surface area contributed by atoms with Crippen LogP contribution in [0.3, 0.4) is 0 Å². The highest BCUT2D eigenvalue weighted by molar-refractivity contribution is 8.00. The van der Waals surface area contributed by atoms with Crippen LogP contribution in [-0.2, 0) is 4.79 Å². The third-order valence-electron chi connectivity index (χ3n) is 4.52. The molecule has 0 unspecified atom stereocenters. The number of hydrogen-bond donors (Lipinski definition) is 0. The third-order valence-corrected chi connectivity index (χ3v) is 6.09. The van der Waals surface area contributed by atoms with Gasteiger partial charge in [-0.25, -0.2) is 4.39 Å². The molecule has 1 aliphatic rings. The fourth-order valence-electron chi connectivity index (χ4n) is 3.07. The maximum Gasteiger partial charge on any atom is 0.255 e. The normalized spacial score (nSPS) is 16.6. The van der Waals surface area contributed by atoms with E-state index in [2.05, 4.69) is 0 Å². The number of likely N-dealkylation sites (N-methyl/N-ethyl adjacent to an activating group) is 1. The summed E-state index contributed by atoms with van der Waals surface area (Å²) >= 11 is 7.54. The van der Waals surface area contributed by atoms with E-state index in [4.69, 9.17) is 11.6 Å². The number of nitrogens with zero attached hydrogens (tertiary/aromatic N) is 2. The molecular weight excluding hydrogens is 387 g/mol. The number of carbonyl (C=O) groups excluding carboxylic acids is 2. The molecule has 2 aromatic rings. The molecule has 4 nitrogen and oxygen atoms in total. The molecule has 2 amide bonds. The largest absolute Gasteiger partial charge is 0.337 e. The average Bonchev–Trinajstić information content (AvgIpc) is 3.03. The summed E-state index contributed by atoms with van der Waals surface area (Å²) in [6, 6.07) is 13.4. The van der Waals surface area contributed by atoms with Crippen molar-refractivity contribution in [1.82, 2.24) is 9.80 Å². The van der Waals surface area contributed by atoms with E-state index in [1.54, 1.807) is 52.3 Å². The zero-order valence-corrected chi connectivity index (χ0v) is 16.5. The van der Waals surface area contributed by atoms with E-state index >= 15 is 0 Å². The van der Waals surface area contributed by atoms with Crippen LogP contribution in [0.15, 0.2) is 48.5 Å². The van der Waals surface area contributed by atoms with E-state index in [0.29, 0.717) is 41.5 Å². The molecule has 27 heavy (non-hydrogen) atoms. The Morgan fingerprint density at radius 2 is 1.96 bits per heavy atom. The number of amides is 2. The molecule has 0 spiro atoms. The predicted molar refractivity (Wildman–Crippen MR) is 106 cm³/mol. The molecule has 1 heterocycles. The van der Waals surface area contributed by atoms with Crippen molar-refractivity contribution in [2.24, 2.45) is 0 Å². The van der Waals surface area contributed by atoms with E-state index < -0.39 is 0 Å². The van der Waals surface area contributed by atoms with Crippen molar-refractivity contribution in [3.05, 3.63) is 70.5 Å². The van der Waals surface area contributed by atoms with Crippen LogP contribution in [0.25, 0.3) is 0 Å². The van der Waals surface area contributed by atoms with Crippen molar-refractivity contribution in [2.45, 2.75) is 12.3 Å². The summed E-state index contributed by atoms with van der Waals surface area (Å²) in [5.74, 6) is -0.239. The lowest BCUT2D eigenvalue weighted by atomic mass is 10.2. The van der Waals surface area contributed by atoms with Crippen molar-refractivity contribution in [3.63, 3.8) is 0 Å². The van der Waals surface area contributed by atoms with Crippen molar-refractivity contribution < 1.29 is 14.0 Å². The summed E-state index contributed by atoms with van der Waals surface area (Å²) < 4.78 is 14.2. The monoisotopic (exact) mass is 406 g/mol. The van der Waals surface area contributed by atoms with Crippen LogP contribution in [0, 0.1) is 5.82 Å². The van der Waals surface area contributed by atoms with E-state index in [-0.39, 0.29) is 23.0 Å². The average molecular weight is 407 g/mol. The molecule has 3 rings (SSSR count). The van der Waals surface area contributed by atoms with Gasteiger partial charge in [0.25, 0.3) is 5.91 Å². The van der Waals surface area contributed by atoms with E-state index in [1.165, 1.54) is 17.8 Å². The smallest absolute Gasteiger partial charge is 0.255 e. The molecule has 1 aliphatic heterocycles. The molecule has 0 bridgehead atoms. The highest BCUT2D eigenvalue weighted by atomic mass is 35.5. The number of hydrogen-bond acceptors (Lipinski definition) is 3. The first-order chi connectivity index (χ1) is 13.0. The molecule has 1 fully saturated rings. The fourth-order valence-corrected chi connectivity index (χ4v) is 4.52. The van der Waals surface area contributed by atoms with Crippen LogP contribution in [0.5, 0.6) is 0 Å². The maximum atomic E-state index is 14.2. The SMILES string of the molecule is CCN(CCN1C(=O)CS[C@H]1c1ccccc1F)C(=O)c1ccccc1Cl. The van der Waals surface area contributed by atoms with Gasteiger partial charge in [0.1, 0.15) is 11.2 Å². The zero-order chi connectivity index (χ0) is 19.4. The van der Waals surface area contributed by atoms with Crippen molar-refractivity contribution >= 4 is 35.2 Å². The van der Waals surface area contributed by atoms with E-state index in [9.17, 15) is 14.0 Å². The molecule has 1 saturated heterocycles. The minimum atomic E-state index is -0.368. The molecule has 0 aliphatic carbocycles. The lowest BCUT2D eigenvalue weighted by Gasteiger charge is -2.28. The highest BCUT2D eigenvalue weighted by Gasteiger charge is 2.34. The van der Waals surface area contributed by atoms with Gasteiger partial charge in [-0.2, -0.15) is 0 Å².